The number of ketones is 1. The van der Waals surface area contributed by atoms with Gasteiger partial charge in [0.05, 0.1) is 17.5 Å². The number of rotatable bonds is 1. The van der Waals surface area contributed by atoms with Gasteiger partial charge in [0.2, 0.25) is 0 Å². The smallest absolute Gasteiger partial charge is 0.302 e. The highest BCUT2D eigenvalue weighted by Gasteiger charge is 2.71. The fraction of sp³-hybridized carbons (Fsp3) is 0.862. The molecular formula is C29H41BrO5. The minimum atomic E-state index is -0.612. The summed E-state index contributed by atoms with van der Waals surface area (Å²) < 4.78 is 18.9. The number of carbonyl (C=O) groups is 2. The highest BCUT2D eigenvalue weighted by Crippen LogP contribution is 2.69. The van der Waals surface area contributed by atoms with E-state index < -0.39 is 5.79 Å². The SMILES string of the molecule is CC(=O)OC1CC[C@@]2(C)C3=CC(=O)[C@]4(C)C(CC5OC6(OCC(C)CC6Br)C(C)C54)C3CC[C@H]2C1. The molecule has 2 heterocycles. The third kappa shape index (κ3) is 3.30. The lowest BCUT2D eigenvalue weighted by Crippen LogP contribution is -2.56. The molecule has 9 unspecified atom stereocenters. The van der Waals surface area contributed by atoms with Crippen LogP contribution in [0.3, 0.4) is 0 Å². The molecule has 35 heavy (non-hydrogen) atoms. The molecule has 6 rings (SSSR count). The summed E-state index contributed by atoms with van der Waals surface area (Å²) in [5.74, 6) is 1.66. The van der Waals surface area contributed by atoms with Crippen LogP contribution in [0.4, 0.5) is 0 Å². The fourth-order valence-corrected chi connectivity index (χ4v) is 11.0. The Balaban J connectivity index is 1.30. The third-order valence-electron chi connectivity index (χ3n) is 11.5. The maximum Gasteiger partial charge on any atom is 0.302 e. The predicted octanol–water partition coefficient (Wildman–Crippen LogP) is 5.84. The van der Waals surface area contributed by atoms with Crippen molar-refractivity contribution in [1.29, 1.82) is 0 Å². The summed E-state index contributed by atoms with van der Waals surface area (Å²) in [5.41, 5.74) is 1.04. The van der Waals surface area contributed by atoms with Gasteiger partial charge >= 0.3 is 5.97 Å². The molecule has 0 aromatic rings. The second-order valence-corrected chi connectivity index (χ2v) is 14.3. The molecule has 6 heteroatoms. The molecular weight excluding hydrogens is 508 g/mol. The Labute approximate surface area is 218 Å². The molecule has 0 N–H and O–H groups in total. The fourth-order valence-electron chi connectivity index (χ4n) is 9.70. The lowest BCUT2D eigenvalue weighted by atomic mass is 9.48. The van der Waals surface area contributed by atoms with E-state index >= 15 is 0 Å². The van der Waals surface area contributed by atoms with Gasteiger partial charge in [-0.1, -0.05) is 49.2 Å². The maximum absolute atomic E-state index is 14.1. The number of esters is 1. The van der Waals surface area contributed by atoms with Crippen LogP contribution in [0, 0.1) is 46.3 Å². The molecule has 194 valence electrons. The number of hydrogen-bond donors (Lipinski definition) is 0. The van der Waals surface area contributed by atoms with Gasteiger partial charge in [-0.25, -0.2) is 0 Å². The number of halogens is 1. The van der Waals surface area contributed by atoms with Crippen LogP contribution >= 0.6 is 15.9 Å². The molecule has 2 saturated heterocycles. The molecule has 5 nitrogen and oxygen atoms in total. The molecule has 6 aliphatic rings. The van der Waals surface area contributed by atoms with E-state index in [1.807, 2.05) is 0 Å². The van der Waals surface area contributed by atoms with Crippen molar-refractivity contribution in [1.82, 2.24) is 0 Å². The topological polar surface area (TPSA) is 61.8 Å². The molecule has 0 amide bonds. The van der Waals surface area contributed by atoms with Crippen molar-refractivity contribution in [3.8, 4) is 0 Å². The van der Waals surface area contributed by atoms with E-state index in [1.165, 1.54) is 12.5 Å². The van der Waals surface area contributed by atoms with E-state index in [0.29, 0.717) is 29.5 Å². The van der Waals surface area contributed by atoms with Crippen molar-refractivity contribution in [2.45, 2.75) is 102 Å². The summed E-state index contributed by atoms with van der Waals surface area (Å²) in [6, 6.07) is 0. The van der Waals surface area contributed by atoms with E-state index in [1.54, 1.807) is 0 Å². The van der Waals surface area contributed by atoms with Crippen LogP contribution < -0.4 is 0 Å². The van der Waals surface area contributed by atoms with E-state index in [9.17, 15) is 9.59 Å². The molecule has 0 bridgehead atoms. The first-order valence-electron chi connectivity index (χ1n) is 13.9. The van der Waals surface area contributed by atoms with Crippen molar-refractivity contribution < 1.29 is 23.8 Å². The Morgan fingerprint density at radius 1 is 1.14 bits per heavy atom. The normalized spacial score (nSPS) is 55.0. The molecule has 0 radical (unpaired) electrons. The Hall–Kier alpha value is -0.720. The number of fused-ring (bicyclic) bond motifs is 7. The molecule has 1 spiro atoms. The number of carbonyl (C=O) groups excluding carboxylic acids is 2. The van der Waals surface area contributed by atoms with Gasteiger partial charge in [-0.2, -0.15) is 0 Å². The average Bonchev–Trinajstić information content (AvgIpc) is 3.24. The summed E-state index contributed by atoms with van der Waals surface area (Å²) in [7, 11) is 0. The highest BCUT2D eigenvalue weighted by molar-refractivity contribution is 9.09. The van der Waals surface area contributed by atoms with Crippen molar-refractivity contribution >= 4 is 27.7 Å². The Morgan fingerprint density at radius 2 is 1.91 bits per heavy atom. The van der Waals surface area contributed by atoms with Gasteiger partial charge in [0.15, 0.2) is 11.6 Å². The minimum absolute atomic E-state index is 0.0268. The average molecular weight is 550 g/mol. The molecule has 2 aliphatic heterocycles. The van der Waals surface area contributed by atoms with Crippen molar-refractivity contribution in [3.63, 3.8) is 0 Å². The van der Waals surface area contributed by atoms with Crippen LogP contribution in [-0.2, 0) is 23.8 Å². The summed E-state index contributed by atoms with van der Waals surface area (Å²) in [4.78, 5) is 25.8. The molecule has 12 atom stereocenters. The van der Waals surface area contributed by atoms with Crippen LogP contribution in [0.5, 0.6) is 0 Å². The van der Waals surface area contributed by atoms with Crippen LogP contribution in [-0.4, -0.2) is 41.2 Å². The standard InChI is InChI=1S/C29H41BrO5/c1-15-10-24(30)29(33-14-15)16(2)26-23(35-29)12-22-20-7-6-18-11-19(34-17(3)31)8-9-27(18,4)21(20)13-25(32)28(22,26)5/h13,15-16,18-20,22-24,26H,6-12,14H2,1-5H3/t15?,16?,18-,19?,20?,22?,23?,24?,26?,27+,28-,29?/m0/s1. The minimum Gasteiger partial charge on any atom is -0.463 e. The third-order valence-corrected chi connectivity index (χ3v) is 12.5. The molecule has 0 aromatic carbocycles. The highest BCUT2D eigenvalue weighted by atomic mass is 79.9. The van der Waals surface area contributed by atoms with Gasteiger partial charge in [-0.3, -0.25) is 9.59 Å². The van der Waals surface area contributed by atoms with Gasteiger partial charge in [0.1, 0.15) is 6.10 Å². The first kappa shape index (κ1) is 24.6. The molecule has 0 aromatic heterocycles. The summed E-state index contributed by atoms with van der Waals surface area (Å²) in [6.07, 6.45) is 9.26. The zero-order valence-electron chi connectivity index (χ0n) is 21.8. The second-order valence-electron chi connectivity index (χ2n) is 13.2. The Kier molecular flexibility index (Phi) is 5.72. The van der Waals surface area contributed by atoms with Gasteiger partial charge in [-0.05, 0) is 80.1 Å². The summed E-state index contributed by atoms with van der Waals surface area (Å²) in [5, 5.41) is 0. The van der Waals surface area contributed by atoms with Crippen molar-refractivity contribution in [3.05, 3.63) is 11.6 Å². The zero-order valence-corrected chi connectivity index (χ0v) is 23.4. The summed E-state index contributed by atoms with van der Waals surface area (Å²) in [6.45, 7) is 11.4. The Morgan fingerprint density at radius 3 is 2.63 bits per heavy atom. The second kappa shape index (κ2) is 8.14. The van der Waals surface area contributed by atoms with Gasteiger partial charge in [-0.15, -0.1) is 0 Å². The molecule has 4 aliphatic carbocycles. The van der Waals surface area contributed by atoms with E-state index in [2.05, 4.69) is 49.7 Å². The van der Waals surface area contributed by atoms with E-state index in [0.717, 1.165) is 51.6 Å². The molecule has 5 fully saturated rings. The Bertz CT molecular complexity index is 963. The monoisotopic (exact) mass is 548 g/mol. The first-order chi connectivity index (χ1) is 16.5. The largest absolute Gasteiger partial charge is 0.463 e. The quantitative estimate of drug-likeness (QED) is 0.304. The van der Waals surface area contributed by atoms with E-state index in [-0.39, 0.29) is 45.7 Å². The van der Waals surface area contributed by atoms with E-state index in [4.69, 9.17) is 14.2 Å². The first-order valence-corrected chi connectivity index (χ1v) is 14.8. The van der Waals surface area contributed by atoms with Crippen molar-refractivity contribution in [2.75, 3.05) is 6.61 Å². The predicted molar refractivity (Wildman–Crippen MR) is 136 cm³/mol. The lowest BCUT2D eigenvalue weighted by Gasteiger charge is -2.56. The summed E-state index contributed by atoms with van der Waals surface area (Å²) >= 11 is 3.92. The van der Waals surface area contributed by atoms with Gasteiger partial charge < -0.3 is 14.2 Å². The maximum atomic E-state index is 14.1. The van der Waals surface area contributed by atoms with Gasteiger partial charge in [0, 0.05) is 24.2 Å². The number of hydrogen-bond acceptors (Lipinski definition) is 5. The number of ether oxygens (including phenoxy) is 3. The van der Waals surface area contributed by atoms with Crippen LogP contribution in [0.1, 0.15) is 79.6 Å². The van der Waals surface area contributed by atoms with Crippen LogP contribution in [0.2, 0.25) is 0 Å². The van der Waals surface area contributed by atoms with Crippen LogP contribution in [0.25, 0.3) is 0 Å². The van der Waals surface area contributed by atoms with Crippen molar-refractivity contribution in [2.24, 2.45) is 46.3 Å². The molecule has 3 saturated carbocycles. The van der Waals surface area contributed by atoms with Gasteiger partial charge in [0.25, 0.3) is 0 Å². The number of allylic oxidation sites excluding steroid dienone is 2. The van der Waals surface area contributed by atoms with Crippen LogP contribution in [0.15, 0.2) is 11.6 Å². The zero-order chi connectivity index (χ0) is 24.9. The number of alkyl halides is 1. The lowest BCUT2D eigenvalue weighted by molar-refractivity contribution is -0.266.